The van der Waals surface area contributed by atoms with Crippen molar-refractivity contribution in [3.8, 4) is 0 Å². The van der Waals surface area contributed by atoms with Gasteiger partial charge < -0.3 is 15.7 Å². The lowest BCUT2D eigenvalue weighted by Gasteiger charge is -2.28. The molecule has 1 atom stereocenters. The van der Waals surface area contributed by atoms with Gasteiger partial charge in [0.25, 0.3) is 0 Å². The van der Waals surface area contributed by atoms with Gasteiger partial charge in [-0.15, -0.1) is 0 Å². The molecule has 0 aromatic heterocycles. The van der Waals surface area contributed by atoms with Gasteiger partial charge >= 0.3 is 0 Å². The van der Waals surface area contributed by atoms with Crippen LogP contribution in [0.5, 0.6) is 0 Å². The molecule has 2 rings (SSSR count). The number of aliphatic hydroxyl groups excluding tert-OH is 1. The van der Waals surface area contributed by atoms with Crippen LogP contribution in [0.25, 0.3) is 0 Å². The van der Waals surface area contributed by atoms with Gasteiger partial charge in [-0.05, 0) is 30.2 Å². The average Bonchev–Trinajstić information content (AvgIpc) is 2.27. The molecule has 1 aromatic rings. The Hall–Kier alpha value is -0.900. The predicted molar refractivity (Wildman–Crippen MR) is 60.5 cm³/mol. The molecule has 0 radical (unpaired) electrons. The number of benzene rings is 1. The second kappa shape index (κ2) is 4.31. The molecule has 0 bridgehead atoms. The van der Waals surface area contributed by atoms with Crippen molar-refractivity contribution < 1.29 is 5.11 Å². The first-order valence-corrected chi connectivity index (χ1v) is 5.38. The molecule has 15 heavy (non-hydrogen) atoms. The van der Waals surface area contributed by atoms with Gasteiger partial charge in [0, 0.05) is 13.1 Å². The molecule has 1 aliphatic rings. The average molecular weight is 206 g/mol. The van der Waals surface area contributed by atoms with Gasteiger partial charge in [-0.25, -0.2) is 0 Å². The van der Waals surface area contributed by atoms with Crippen molar-refractivity contribution in [3.05, 3.63) is 34.9 Å². The van der Waals surface area contributed by atoms with Crippen LogP contribution in [0.4, 0.5) is 0 Å². The Morgan fingerprint density at radius 1 is 1.53 bits per heavy atom. The summed E-state index contributed by atoms with van der Waals surface area (Å²) in [6.45, 7) is 2.06. The molecule has 1 aromatic carbocycles. The molecule has 82 valence electrons. The lowest BCUT2D eigenvalue weighted by molar-refractivity contribution is 0.263. The molecule has 0 aliphatic carbocycles. The van der Waals surface area contributed by atoms with E-state index in [4.69, 9.17) is 10.8 Å². The normalized spacial score (nSPS) is 18.6. The maximum atomic E-state index is 9.12. The second-order valence-corrected chi connectivity index (χ2v) is 4.26. The Balaban J connectivity index is 2.39. The van der Waals surface area contributed by atoms with E-state index in [0.29, 0.717) is 0 Å². The van der Waals surface area contributed by atoms with E-state index in [-0.39, 0.29) is 12.6 Å². The van der Waals surface area contributed by atoms with Gasteiger partial charge in [-0.1, -0.05) is 18.2 Å². The molecule has 0 amide bonds. The summed E-state index contributed by atoms with van der Waals surface area (Å²) in [5.41, 5.74) is 9.69. The molecular formula is C12H18N2O. The Kier molecular flexibility index (Phi) is 3.05. The summed E-state index contributed by atoms with van der Waals surface area (Å²) >= 11 is 0. The smallest absolute Gasteiger partial charge is 0.0624 e. The molecule has 3 heteroatoms. The fourth-order valence-corrected chi connectivity index (χ4v) is 2.19. The van der Waals surface area contributed by atoms with Gasteiger partial charge in [0.05, 0.1) is 12.6 Å². The number of hydrogen-bond acceptors (Lipinski definition) is 3. The topological polar surface area (TPSA) is 49.5 Å². The number of hydrogen-bond donors (Lipinski definition) is 2. The van der Waals surface area contributed by atoms with Crippen LogP contribution in [0.1, 0.15) is 22.7 Å². The maximum absolute atomic E-state index is 9.12. The number of fused-ring (bicyclic) bond motifs is 1. The Morgan fingerprint density at radius 3 is 3.07 bits per heavy atom. The Morgan fingerprint density at radius 2 is 2.33 bits per heavy atom. The standard InChI is InChI=1S/C12H18N2O/c1-14-6-5-9-3-2-4-10(11(9)7-14)12(13)8-15/h2-4,12,15H,5-8,13H2,1H3. The van der Waals surface area contributed by atoms with E-state index >= 15 is 0 Å². The van der Waals surface area contributed by atoms with E-state index in [9.17, 15) is 0 Å². The number of nitrogens with two attached hydrogens (primary N) is 1. The van der Waals surface area contributed by atoms with Crippen molar-refractivity contribution in [2.24, 2.45) is 5.73 Å². The van der Waals surface area contributed by atoms with E-state index < -0.39 is 0 Å². The summed E-state index contributed by atoms with van der Waals surface area (Å²) in [6, 6.07) is 5.98. The van der Waals surface area contributed by atoms with Crippen molar-refractivity contribution in [2.45, 2.75) is 19.0 Å². The van der Waals surface area contributed by atoms with Crippen molar-refractivity contribution in [1.82, 2.24) is 4.90 Å². The fraction of sp³-hybridized carbons (Fsp3) is 0.500. The summed E-state index contributed by atoms with van der Waals surface area (Å²) < 4.78 is 0. The zero-order chi connectivity index (χ0) is 10.8. The number of aliphatic hydroxyl groups is 1. The van der Waals surface area contributed by atoms with E-state index in [0.717, 1.165) is 25.1 Å². The minimum atomic E-state index is -0.244. The number of rotatable bonds is 2. The molecule has 1 aliphatic heterocycles. The highest BCUT2D eigenvalue weighted by Gasteiger charge is 2.18. The van der Waals surface area contributed by atoms with Crippen LogP contribution in [-0.4, -0.2) is 30.2 Å². The highest BCUT2D eigenvalue weighted by molar-refractivity contribution is 5.38. The highest BCUT2D eigenvalue weighted by Crippen LogP contribution is 2.25. The number of likely N-dealkylation sites (N-methyl/N-ethyl adjacent to an activating group) is 1. The number of nitrogens with zero attached hydrogens (tertiary/aromatic N) is 1. The zero-order valence-corrected chi connectivity index (χ0v) is 9.11. The SMILES string of the molecule is CN1CCc2cccc(C(N)CO)c2C1. The van der Waals surface area contributed by atoms with Crippen LogP contribution in [0.3, 0.4) is 0 Å². The molecule has 3 nitrogen and oxygen atoms in total. The third-order valence-corrected chi connectivity index (χ3v) is 3.10. The van der Waals surface area contributed by atoms with Crippen LogP contribution in [0, 0.1) is 0 Å². The minimum absolute atomic E-state index is 0.0141. The molecule has 0 fully saturated rings. The van der Waals surface area contributed by atoms with Crippen molar-refractivity contribution in [2.75, 3.05) is 20.2 Å². The van der Waals surface area contributed by atoms with Gasteiger partial charge in [0.1, 0.15) is 0 Å². The second-order valence-electron chi connectivity index (χ2n) is 4.26. The maximum Gasteiger partial charge on any atom is 0.0624 e. The van der Waals surface area contributed by atoms with Crippen LogP contribution in [0.15, 0.2) is 18.2 Å². The summed E-state index contributed by atoms with van der Waals surface area (Å²) in [7, 11) is 2.12. The Bertz CT molecular complexity index is 351. The van der Waals surface area contributed by atoms with Crippen molar-refractivity contribution in [1.29, 1.82) is 0 Å². The van der Waals surface area contributed by atoms with Gasteiger partial charge in [-0.2, -0.15) is 0 Å². The summed E-state index contributed by atoms with van der Waals surface area (Å²) in [4.78, 5) is 2.29. The first kappa shape index (κ1) is 10.6. The molecule has 0 saturated carbocycles. The quantitative estimate of drug-likeness (QED) is 0.747. The van der Waals surface area contributed by atoms with Crippen LogP contribution < -0.4 is 5.73 Å². The summed E-state index contributed by atoms with van der Waals surface area (Å²) in [6.07, 6.45) is 1.08. The van der Waals surface area contributed by atoms with Gasteiger partial charge in [0.2, 0.25) is 0 Å². The highest BCUT2D eigenvalue weighted by atomic mass is 16.3. The van der Waals surface area contributed by atoms with Gasteiger partial charge in [-0.3, -0.25) is 0 Å². The molecule has 1 heterocycles. The third-order valence-electron chi connectivity index (χ3n) is 3.10. The summed E-state index contributed by atoms with van der Waals surface area (Å²) in [5, 5.41) is 9.12. The minimum Gasteiger partial charge on any atom is -0.394 e. The predicted octanol–water partition coefficient (Wildman–Crippen LogP) is 0.667. The van der Waals surface area contributed by atoms with Crippen molar-refractivity contribution in [3.63, 3.8) is 0 Å². The largest absolute Gasteiger partial charge is 0.394 e. The van der Waals surface area contributed by atoms with E-state index in [1.807, 2.05) is 12.1 Å². The third kappa shape index (κ3) is 2.04. The Labute approximate surface area is 90.5 Å². The van der Waals surface area contributed by atoms with Crippen LogP contribution in [-0.2, 0) is 13.0 Å². The lowest BCUT2D eigenvalue weighted by Crippen LogP contribution is -2.29. The molecule has 0 spiro atoms. The van der Waals surface area contributed by atoms with E-state index in [2.05, 4.69) is 18.0 Å². The van der Waals surface area contributed by atoms with Crippen molar-refractivity contribution >= 4 is 0 Å². The monoisotopic (exact) mass is 206 g/mol. The fourth-order valence-electron chi connectivity index (χ4n) is 2.19. The molecule has 3 N–H and O–H groups in total. The van der Waals surface area contributed by atoms with Crippen LogP contribution >= 0.6 is 0 Å². The molecule has 1 unspecified atom stereocenters. The van der Waals surface area contributed by atoms with Gasteiger partial charge in [0.15, 0.2) is 0 Å². The van der Waals surface area contributed by atoms with Crippen LogP contribution in [0.2, 0.25) is 0 Å². The van der Waals surface area contributed by atoms with E-state index in [1.54, 1.807) is 0 Å². The first-order chi connectivity index (χ1) is 7.22. The molecule has 0 saturated heterocycles. The zero-order valence-electron chi connectivity index (χ0n) is 9.11. The lowest BCUT2D eigenvalue weighted by atomic mass is 9.92. The first-order valence-electron chi connectivity index (χ1n) is 5.38. The molecular weight excluding hydrogens is 188 g/mol. The van der Waals surface area contributed by atoms with E-state index in [1.165, 1.54) is 11.1 Å². The summed E-state index contributed by atoms with van der Waals surface area (Å²) in [5.74, 6) is 0.